The summed E-state index contributed by atoms with van der Waals surface area (Å²) in [6, 6.07) is 1.68. The summed E-state index contributed by atoms with van der Waals surface area (Å²) >= 11 is -3.03. The zero-order valence-electron chi connectivity index (χ0n) is 15.5. The molecule has 122 valence electrons. The van der Waals surface area contributed by atoms with Crippen molar-refractivity contribution in [3.8, 4) is 0 Å². The fourth-order valence-corrected chi connectivity index (χ4v) is 17.3. The molecule has 1 aliphatic carbocycles. The van der Waals surface area contributed by atoms with E-state index in [0.29, 0.717) is 18.1 Å². The molecule has 0 amide bonds. The number of hydrogen-bond acceptors (Lipinski definition) is 3. The van der Waals surface area contributed by atoms with Crippen molar-refractivity contribution in [2.45, 2.75) is 66.1 Å². The Balaban J connectivity index is 3.47. The van der Waals surface area contributed by atoms with E-state index in [4.69, 9.17) is 0 Å². The zero-order valence-corrected chi connectivity index (χ0v) is 18.0. The van der Waals surface area contributed by atoms with Crippen LogP contribution in [0.2, 0.25) is 0 Å². The molecule has 0 aliphatic heterocycles. The Morgan fingerprint density at radius 2 is 1.19 bits per heavy atom. The van der Waals surface area contributed by atoms with Crippen LogP contribution in [0.15, 0.2) is 21.5 Å². The Kier molecular flexibility index (Phi) is 7.05. The van der Waals surface area contributed by atoms with Gasteiger partial charge < -0.3 is 0 Å². The molecule has 0 atom stereocenters. The molecule has 0 saturated heterocycles. The van der Waals surface area contributed by atoms with Gasteiger partial charge in [-0.05, 0) is 0 Å². The van der Waals surface area contributed by atoms with Crippen LogP contribution in [-0.2, 0) is 21.1 Å². The molecule has 0 aromatic heterocycles. The monoisotopic (exact) mass is 371 g/mol. The van der Waals surface area contributed by atoms with Crippen LogP contribution in [0.5, 0.6) is 0 Å². The summed E-state index contributed by atoms with van der Waals surface area (Å²) in [5.74, 6) is 0. The van der Waals surface area contributed by atoms with E-state index in [-0.39, 0.29) is 0 Å². The summed E-state index contributed by atoms with van der Waals surface area (Å²) in [4.78, 5) is 0. The van der Waals surface area contributed by atoms with Crippen LogP contribution >= 0.6 is 0 Å². The van der Waals surface area contributed by atoms with Crippen molar-refractivity contribution in [3.63, 3.8) is 0 Å². The minimum atomic E-state index is -3.03. The summed E-state index contributed by atoms with van der Waals surface area (Å²) in [6.07, 6.45) is 8.09. The predicted molar refractivity (Wildman–Crippen MR) is 90.5 cm³/mol. The molecular formula is C17H35N3Zr. The number of hydrogen-bond donors (Lipinski definition) is 0. The Morgan fingerprint density at radius 1 is 0.810 bits per heavy atom. The second-order valence-corrected chi connectivity index (χ2v) is 17.0. The van der Waals surface area contributed by atoms with Crippen LogP contribution in [0.25, 0.3) is 0 Å². The molecule has 4 heteroatoms. The van der Waals surface area contributed by atoms with Crippen LogP contribution < -0.4 is 0 Å². The Labute approximate surface area is 138 Å². The summed E-state index contributed by atoms with van der Waals surface area (Å²) in [6.45, 7) is 14.0. The molecule has 1 aliphatic rings. The minimum absolute atomic E-state index is 0.560. The third-order valence-electron chi connectivity index (χ3n) is 5.00. The molecule has 0 fully saturated rings. The zero-order chi connectivity index (χ0) is 16.4. The maximum atomic E-state index is 2.72. The average molecular weight is 373 g/mol. The fraction of sp³-hybridized carbons (Fsp3) is 0.765. The number of allylic oxidation sites excluding steroid dienone is 4. The van der Waals surface area contributed by atoms with Gasteiger partial charge in [-0.3, -0.25) is 0 Å². The van der Waals surface area contributed by atoms with Crippen molar-refractivity contribution in [2.24, 2.45) is 0 Å². The topological polar surface area (TPSA) is 9.72 Å². The van der Waals surface area contributed by atoms with Gasteiger partial charge in [-0.15, -0.1) is 0 Å². The van der Waals surface area contributed by atoms with E-state index < -0.39 is 21.1 Å². The van der Waals surface area contributed by atoms with E-state index in [0.717, 1.165) is 6.42 Å². The van der Waals surface area contributed by atoms with Gasteiger partial charge in [0.2, 0.25) is 0 Å². The summed E-state index contributed by atoms with van der Waals surface area (Å²) in [7, 11) is 7.03. The molecule has 0 aromatic rings. The standard InChI is InChI=1S/C5H5.3C4H10N.Zr/c1-2-4-5-3-1;3*1-4(2)5-3;/h1-3H,4H2;3*4H,1-3H3;/q;3*-1;+3. The van der Waals surface area contributed by atoms with Gasteiger partial charge in [-0.25, -0.2) is 0 Å². The van der Waals surface area contributed by atoms with Crippen molar-refractivity contribution in [3.05, 3.63) is 21.5 Å². The van der Waals surface area contributed by atoms with Crippen molar-refractivity contribution in [2.75, 3.05) is 21.1 Å². The van der Waals surface area contributed by atoms with Gasteiger partial charge in [0.25, 0.3) is 0 Å². The first kappa shape index (κ1) is 19.3. The molecule has 0 radical (unpaired) electrons. The predicted octanol–water partition coefficient (Wildman–Crippen LogP) is 3.75. The van der Waals surface area contributed by atoms with E-state index in [1.54, 1.807) is 3.28 Å². The fourth-order valence-electron chi connectivity index (χ4n) is 3.20. The van der Waals surface area contributed by atoms with Crippen molar-refractivity contribution < 1.29 is 21.1 Å². The Morgan fingerprint density at radius 3 is 1.43 bits per heavy atom. The van der Waals surface area contributed by atoms with Gasteiger partial charge in [-0.2, -0.15) is 0 Å². The molecule has 1 rings (SSSR count). The molecular weight excluding hydrogens is 337 g/mol. The molecule has 0 spiro atoms. The van der Waals surface area contributed by atoms with Crippen LogP contribution in [0.4, 0.5) is 0 Å². The first-order valence-corrected chi connectivity index (χ1v) is 12.7. The van der Waals surface area contributed by atoms with Gasteiger partial charge in [0.05, 0.1) is 0 Å². The SMILES string of the molecule is CC(C)[N](C)[Zr]([C]1=CC=CC1)([N](C)C(C)C)[N](C)C(C)C. The van der Waals surface area contributed by atoms with Gasteiger partial charge in [0.15, 0.2) is 0 Å². The van der Waals surface area contributed by atoms with E-state index >= 15 is 0 Å². The van der Waals surface area contributed by atoms with E-state index in [9.17, 15) is 0 Å². The molecule has 0 unspecified atom stereocenters. The van der Waals surface area contributed by atoms with Gasteiger partial charge in [-0.1, -0.05) is 0 Å². The summed E-state index contributed by atoms with van der Waals surface area (Å²) in [5, 5.41) is 0. The summed E-state index contributed by atoms with van der Waals surface area (Å²) in [5.41, 5.74) is 0. The molecule has 0 N–H and O–H groups in total. The quantitative estimate of drug-likeness (QED) is 0.674. The molecule has 3 nitrogen and oxygen atoms in total. The van der Waals surface area contributed by atoms with Crippen LogP contribution in [0.1, 0.15) is 48.0 Å². The van der Waals surface area contributed by atoms with Crippen LogP contribution in [0.3, 0.4) is 0 Å². The van der Waals surface area contributed by atoms with Gasteiger partial charge >= 0.3 is 138 Å². The first-order valence-electron chi connectivity index (χ1n) is 8.22. The normalized spacial score (nSPS) is 16.4. The second-order valence-electron chi connectivity index (χ2n) is 7.07. The number of nitrogens with zero attached hydrogens (tertiary/aromatic N) is 3. The molecule has 21 heavy (non-hydrogen) atoms. The van der Waals surface area contributed by atoms with E-state index in [1.165, 1.54) is 0 Å². The van der Waals surface area contributed by atoms with E-state index in [1.807, 2.05) is 0 Å². The molecule has 0 aromatic carbocycles. The van der Waals surface area contributed by atoms with Gasteiger partial charge in [0.1, 0.15) is 0 Å². The first-order chi connectivity index (χ1) is 9.67. The molecule has 0 heterocycles. The van der Waals surface area contributed by atoms with Gasteiger partial charge in [0, 0.05) is 0 Å². The second kappa shape index (κ2) is 7.68. The third-order valence-corrected chi connectivity index (χ3v) is 19.1. The summed E-state index contributed by atoms with van der Waals surface area (Å²) < 4.78 is 9.82. The van der Waals surface area contributed by atoms with Crippen molar-refractivity contribution in [1.29, 1.82) is 0 Å². The molecule has 0 bridgehead atoms. The van der Waals surface area contributed by atoms with Crippen LogP contribution in [0, 0.1) is 0 Å². The van der Waals surface area contributed by atoms with Crippen LogP contribution in [-0.4, -0.2) is 47.8 Å². The van der Waals surface area contributed by atoms with Crippen molar-refractivity contribution >= 4 is 0 Å². The van der Waals surface area contributed by atoms with Crippen molar-refractivity contribution in [1.82, 2.24) is 8.53 Å². The third kappa shape index (κ3) is 3.60. The van der Waals surface area contributed by atoms with E-state index in [2.05, 4.69) is 89.4 Å². The number of rotatable bonds is 7. The maximum absolute atomic E-state index is 3.03. The molecule has 0 saturated carbocycles. The Hall–Kier alpha value is 0.243. The average Bonchev–Trinajstić information content (AvgIpc) is 2.92. The Bertz CT molecular complexity index is 363.